The van der Waals surface area contributed by atoms with Crippen LogP contribution in [0.25, 0.3) is 0 Å². The Morgan fingerprint density at radius 2 is 2.00 bits per heavy atom. The van der Waals surface area contributed by atoms with E-state index in [0.29, 0.717) is 18.1 Å². The largest absolute Gasteiger partial charge is 0.493 e. The molecule has 19 heavy (non-hydrogen) atoms. The van der Waals surface area contributed by atoms with Crippen LogP contribution >= 0.6 is 10.7 Å². The standard InChI is InChI=1S/C14H19ClO3S/c1-9(2)12-7-14(19(15,16)17)10(3)6-13(12)18-8-11-4-5-11/h6-7,9,11H,4-5,8H2,1-3H3. The first-order chi connectivity index (χ1) is 8.79. The first-order valence-electron chi connectivity index (χ1n) is 6.51. The van der Waals surface area contributed by atoms with Gasteiger partial charge < -0.3 is 4.74 Å². The fourth-order valence-corrected chi connectivity index (χ4v) is 3.22. The van der Waals surface area contributed by atoms with Gasteiger partial charge in [0, 0.05) is 10.7 Å². The molecule has 1 saturated carbocycles. The van der Waals surface area contributed by atoms with Crippen molar-refractivity contribution in [2.75, 3.05) is 6.61 Å². The smallest absolute Gasteiger partial charge is 0.261 e. The van der Waals surface area contributed by atoms with E-state index < -0.39 is 9.05 Å². The van der Waals surface area contributed by atoms with E-state index in [1.165, 1.54) is 12.8 Å². The van der Waals surface area contributed by atoms with Crippen LogP contribution in [0.15, 0.2) is 17.0 Å². The molecule has 0 heterocycles. The summed E-state index contributed by atoms with van der Waals surface area (Å²) >= 11 is 0. The van der Waals surface area contributed by atoms with Crippen molar-refractivity contribution in [2.45, 2.75) is 44.4 Å². The second kappa shape index (κ2) is 5.33. The molecule has 0 N–H and O–H groups in total. The van der Waals surface area contributed by atoms with Gasteiger partial charge in [-0.05, 0) is 54.9 Å². The lowest BCUT2D eigenvalue weighted by molar-refractivity contribution is 0.295. The molecule has 1 aromatic rings. The number of hydrogen-bond acceptors (Lipinski definition) is 3. The van der Waals surface area contributed by atoms with Crippen LogP contribution in [-0.2, 0) is 9.05 Å². The van der Waals surface area contributed by atoms with Crippen molar-refractivity contribution < 1.29 is 13.2 Å². The lowest BCUT2D eigenvalue weighted by Gasteiger charge is -2.16. The van der Waals surface area contributed by atoms with Gasteiger partial charge in [0.05, 0.1) is 11.5 Å². The molecule has 1 aromatic carbocycles. The molecule has 106 valence electrons. The summed E-state index contributed by atoms with van der Waals surface area (Å²) in [6, 6.07) is 3.43. The number of halogens is 1. The van der Waals surface area contributed by atoms with Gasteiger partial charge in [0.15, 0.2) is 0 Å². The summed E-state index contributed by atoms with van der Waals surface area (Å²) in [5, 5.41) is 0. The molecule has 3 nitrogen and oxygen atoms in total. The molecule has 0 atom stereocenters. The molecule has 5 heteroatoms. The van der Waals surface area contributed by atoms with E-state index >= 15 is 0 Å². The summed E-state index contributed by atoms with van der Waals surface area (Å²) in [5.74, 6) is 1.63. The van der Waals surface area contributed by atoms with Crippen molar-refractivity contribution >= 4 is 19.7 Å². The minimum absolute atomic E-state index is 0.177. The van der Waals surface area contributed by atoms with Gasteiger partial charge in [-0.25, -0.2) is 8.42 Å². The van der Waals surface area contributed by atoms with Gasteiger partial charge in [-0.1, -0.05) is 13.8 Å². The van der Waals surface area contributed by atoms with Crippen molar-refractivity contribution in [1.29, 1.82) is 0 Å². The van der Waals surface area contributed by atoms with Gasteiger partial charge in [0.1, 0.15) is 5.75 Å². The average Bonchev–Trinajstić information content (AvgIpc) is 3.07. The second-order valence-electron chi connectivity index (χ2n) is 5.50. The van der Waals surface area contributed by atoms with E-state index in [9.17, 15) is 8.42 Å². The molecule has 0 spiro atoms. The molecule has 1 fully saturated rings. The lowest BCUT2D eigenvalue weighted by Crippen LogP contribution is -2.05. The zero-order valence-corrected chi connectivity index (χ0v) is 13.0. The van der Waals surface area contributed by atoms with Crippen LogP contribution in [0.4, 0.5) is 0 Å². The molecule has 0 saturated heterocycles. The molecule has 0 unspecified atom stereocenters. The van der Waals surface area contributed by atoms with E-state index in [1.54, 1.807) is 19.1 Å². The molecule has 0 amide bonds. The summed E-state index contributed by atoms with van der Waals surface area (Å²) in [5.41, 5.74) is 1.52. The van der Waals surface area contributed by atoms with Crippen molar-refractivity contribution in [2.24, 2.45) is 5.92 Å². The second-order valence-corrected chi connectivity index (χ2v) is 8.04. The number of aryl methyl sites for hydroxylation is 1. The minimum atomic E-state index is -3.71. The summed E-state index contributed by atoms with van der Waals surface area (Å²) in [6.45, 7) is 6.48. The monoisotopic (exact) mass is 302 g/mol. The van der Waals surface area contributed by atoms with Crippen molar-refractivity contribution in [3.63, 3.8) is 0 Å². The predicted octanol–water partition coefficient (Wildman–Crippen LogP) is 3.83. The van der Waals surface area contributed by atoms with Crippen molar-refractivity contribution in [3.05, 3.63) is 23.3 Å². The summed E-state index contributed by atoms with van der Waals surface area (Å²) in [7, 11) is 1.75. The van der Waals surface area contributed by atoms with Gasteiger partial charge in [-0.2, -0.15) is 0 Å². The number of benzene rings is 1. The van der Waals surface area contributed by atoms with Crippen LogP contribution in [0.3, 0.4) is 0 Å². The normalized spacial score (nSPS) is 15.8. The summed E-state index contributed by atoms with van der Waals surface area (Å²) in [4.78, 5) is 0.177. The van der Waals surface area contributed by atoms with Crippen LogP contribution in [0, 0.1) is 12.8 Å². The van der Waals surface area contributed by atoms with E-state index in [1.807, 2.05) is 13.8 Å². The molecule has 0 radical (unpaired) electrons. The van der Waals surface area contributed by atoms with E-state index in [4.69, 9.17) is 15.4 Å². The number of hydrogen-bond donors (Lipinski definition) is 0. The van der Waals surface area contributed by atoms with Gasteiger partial charge in [0.25, 0.3) is 9.05 Å². The Bertz CT molecular complexity index is 575. The molecule has 2 rings (SSSR count). The van der Waals surface area contributed by atoms with E-state index in [2.05, 4.69) is 0 Å². The van der Waals surface area contributed by atoms with Crippen LogP contribution in [0.1, 0.15) is 43.7 Å². The molecule has 1 aliphatic rings. The number of rotatable bonds is 5. The predicted molar refractivity (Wildman–Crippen MR) is 76.5 cm³/mol. The van der Waals surface area contributed by atoms with E-state index in [0.717, 1.165) is 11.3 Å². The van der Waals surface area contributed by atoms with Crippen LogP contribution in [0.2, 0.25) is 0 Å². The zero-order valence-electron chi connectivity index (χ0n) is 11.4. The van der Waals surface area contributed by atoms with Gasteiger partial charge >= 0.3 is 0 Å². The Kier molecular flexibility index (Phi) is 4.11. The highest BCUT2D eigenvalue weighted by Crippen LogP contribution is 2.35. The Morgan fingerprint density at radius 3 is 2.47 bits per heavy atom. The Labute approximate surface area is 119 Å². The SMILES string of the molecule is Cc1cc(OCC2CC2)c(C(C)C)cc1S(=O)(=O)Cl. The molecule has 1 aliphatic carbocycles. The first-order valence-corrected chi connectivity index (χ1v) is 8.82. The maximum Gasteiger partial charge on any atom is 0.261 e. The highest BCUT2D eigenvalue weighted by Gasteiger charge is 2.24. The third-order valence-corrected chi connectivity index (χ3v) is 4.83. The lowest BCUT2D eigenvalue weighted by atomic mass is 10.0. The third-order valence-electron chi connectivity index (χ3n) is 3.36. The van der Waals surface area contributed by atoms with E-state index in [-0.39, 0.29) is 10.8 Å². The highest BCUT2D eigenvalue weighted by molar-refractivity contribution is 8.13. The molecule has 0 bridgehead atoms. The highest BCUT2D eigenvalue weighted by atomic mass is 35.7. The zero-order chi connectivity index (χ0) is 14.2. The third kappa shape index (κ3) is 3.63. The maximum atomic E-state index is 11.5. The van der Waals surface area contributed by atoms with Crippen molar-refractivity contribution in [1.82, 2.24) is 0 Å². The van der Waals surface area contributed by atoms with Crippen molar-refractivity contribution in [3.8, 4) is 5.75 Å². The van der Waals surface area contributed by atoms with Crippen LogP contribution in [-0.4, -0.2) is 15.0 Å². The molecular formula is C14H19ClO3S. The molecule has 0 aliphatic heterocycles. The van der Waals surface area contributed by atoms with Crippen LogP contribution < -0.4 is 4.74 Å². The minimum Gasteiger partial charge on any atom is -0.493 e. The maximum absolute atomic E-state index is 11.5. The first kappa shape index (κ1) is 14.7. The van der Waals surface area contributed by atoms with Gasteiger partial charge in [-0.15, -0.1) is 0 Å². The Hall–Kier alpha value is -0.740. The molecular weight excluding hydrogens is 284 g/mol. The molecule has 0 aromatic heterocycles. The van der Waals surface area contributed by atoms with Gasteiger partial charge in [-0.3, -0.25) is 0 Å². The topological polar surface area (TPSA) is 43.4 Å². The fourth-order valence-electron chi connectivity index (χ4n) is 2.01. The quantitative estimate of drug-likeness (QED) is 0.776. The summed E-state index contributed by atoms with van der Waals surface area (Å²) < 4.78 is 28.9. The van der Waals surface area contributed by atoms with Gasteiger partial charge in [0.2, 0.25) is 0 Å². The Morgan fingerprint density at radius 1 is 1.37 bits per heavy atom. The van der Waals surface area contributed by atoms with Crippen LogP contribution in [0.5, 0.6) is 5.75 Å². The summed E-state index contributed by atoms with van der Waals surface area (Å²) in [6.07, 6.45) is 2.45. The number of ether oxygens (including phenoxy) is 1. The fraction of sp³-hybridized carbons (Fsp3) is 0.571. The average molecular weight is 303 g/mol. The Balaban J connectivity index is 2.39.